The van der Waals surface area contributed by atoms with Gasteiger partial charge in [-0.05, 0) is 48.7 Å². The first-order valence-corrected chi connectivity index (χ1v) is 8.86. The number of pyridine rings is 1. The van der Waals surface area contributed by atoms with Gasteiger partial charge < -0.3 is 10.3 Å². The Hall–Kier alpha value is -3.41. The summed E-state index contributed by atoms with van der Waals surface area (Å²) in [4.78, 5) is 20.0. The SMILES string of the molecule is Cn1cc(-c2ccnc3[nH]cc(-c4ccc5c(c4)C(C)(C)NC5=O)c23)cn1. The van der Waals surface area contributed by atoms with Crippen LogP contribution in [0.2, 0.25) is 0 Å². The Balaban J connectivity index is 1.75. The molecule has 6 nitrogen and oxygen atoms in total. The van der Waals surface area contributed by atoms with Gasteiger partial charge in [0.15, 0.2) is 0 Å². The number of aromatic nitrogens is 4. The van der Waals surface area contributed by atoms with Crippen molar-refractivity contribution in [1.82, 2.24) is 25.1 Å². The van der Waals surface area contributed by atoms with Crippen molar-refractivity contribution >= 4 is 16.9 Å². The molecule has 2 N–H and O–H groups in total. The number of benzene rings is 1. The van der Waals surface area contributed by atoms with Crippen LogP contribution in [0.25, 0.3) is 33.3 Å². The number of carbonyl (C=O) groups is 1. The molecule has 0 bridgehead atoms. The van der Waals surface area contributed by atoms with Crippen LogP contribution >= 0.6 is 0 Å². The topological polar surface area (TPSA) is 75.6 Å². The van der Waals surface area contributed by atoms with E-state index in [0.29, 0.717) is 0 Å². The standard InChI is InChI=1S/C21H19N5O/c1-21(2)17-8-12(4-5-15(17)20(27)25-21)16-10-23-19-18(16)14(6-7-22-19)13-9-24-26(3)11-13/h4-11H,1-3H3,(H,22,23)(H,25,27). The zero-order valence-electron chi connectivity index (χ0n) is 15.4. The average Bonchev–Trinajstić information content (AvgIpc) is 3.31. The van der Waals surface area contributed by atoms with Crippen molar-refractivity contribution in [2.24, 2.45) is 7.05 Å². The quantitative estimate of drug-likeness (QED) is 0.575. The second-order valence-corrected chi connectivity index (χ2v) is 7.53. The Morgan fingerprint density at radius 3 is 2.70 bits per heavy atom. The van der Waals surface area contributed by atoms with Gasteiger partial charge in [-0.1, -0.05) is 6.07 Å². The summed E-state index contributed by atoms with van der Waals surface area (Å²) in [5.41, 5.74) is 6.47. The zero-order valence-corrected chi connectivity index (χ0v) is 15.4. The molecule has 0 atom stereocenters. The summed E-state index contributed by atoms with van der Waals surface area (Å²) in [6.45, 7) is 4.05. The zero-order chi connectivity index (χ0) is 18.8. The Morgan fingerprint density at radius 1 is 1.07 bits per heavy atom. The second kappa shape index (κ2) is 5.30. The Labute approximate surface area is 156 Å². The highest BCUT2D eigenvalue weighted by atomic mass is 16.2. The highest BCUT2D eigenvalue weighted by molar-refractivity contribution is 6.05. The van der Waals surface area contributed by atoms with Gasteiger partial charge in [0.1, 0.15) is 5.65 Å². The molecule has 0 fully saturated rings. The summed E-state index contributed by atoms with van der Waals surface area (Å²) >= 11 is 0. The number of amides is 1. The lowest BCUT2D eigenvalue weighted by Crippen LogP contribution is -2.32. The van der Waals surface area contributed by atoms with Gasteiger partial charge >= 0.3 is 0 Å². The highest BCUT2D eigenvalue weighted by Crippen LogP contribution is 2.38. The third-order valence-electron chi connectivity index (χ3n) is 5.26. The second-order valence-electron chi connectivity index (χ2n) is 7.53. The first kappa shape index (κ1) is 15.8. The Kier molecular flexibility index (Phi) is 3.10. The van der Waals surface area contributed by atoms with Gasteiger partial charge in [0.25, 0.3) is 5.91 Å². The molecule has 1 aliphatic heterocycles. The predicted octanol–water partition coefficient (Wildman–Crippen LogP) is 3.61. The number of hydrogen-bond acceptors (Lipinski definition) is 3. The maximum Gasteiger partial charge on any atom is 0.252 e. The molecule has 4 aromatic rings. The number of H-pyrrole nitrogens is 1. The molecule has 0 aliphatic carbocycles. The van der Waals surface area contributed by atoms with Crippen LogP contribution in [-0.4, -0.2) is 25.7 Å². The van der Waals surface area contributed by atoms with Crippen LogP contribution in [0.15, 0.2) is 49.1 Å². The summed E-state index contributed by atoms with van der Waals surface area (Å²) in [6.07, 6.45) is 7.65. The Morgan fingerprint density at radius 2 is 1.93 bits per heavy atom. The third-order valence-corrected chi connectivity index (χ3v) is 5.26. The molecule has 0 spiro atoms. The number of aryl methyl sites for hydroxylation is 1. The largest absolute Gasteiger partial charge is 0.345 e. The van der Waals surface area contributed by atoms with Gasteiger partial charge in [-0.2, -0.15) is 5.10 Å². The van der Waals surface area contributed by atoms with Crippen LogP contribution in [0.5, 0.6) is 0 Å². The molecular formula is C21H19N5O. The van der Waals surface area contributed by atoms with E-state index >= 15 is 0 Å². The van der Waals surface area contributed by atoms with Crippen molar-refractivity contribution in [3.63, 3.8) is 0 Å². The summed E-state index contributed by atoms with van der Waals surface area (Å²) in [5.74, 6) is -0.0156. The molecule has 4 heterocycles. The van der Waals surface area contributed by atoms with Crippen molar-refractivity contribution in [3.05, 3.63) is 60.2 Å². The number of rotatable bonds is 2. The third kappa shape index (κ3) is 2.30. The fourth-order valence-electron chi connectivity index (χ4n) is 3.93. The van der Waals surface area contributed by atoms with Crippen molar-refractivity contribution in [2.45, 2.75) is 19.4 Å². The molecule has 5 rings (SSSR count). The minimum atomic E-state index is -0.376. The van der Waals surface area contributed by atoms with Crippen LogP contribution in [-0.2, 0) is 12.6 Å². The predicted molar refractivity (Wildman–Crippen MR) is 104 cm³/mol. The van der Waals surface area contributed by atoms with Gasteiger partial charge in [0.2, 0.25) is 0 Å². The molecule has 134 valence electrons. The monoisotopic (exact) mass is 357 g/mol. The number of carbonyl (C=O) groups excluding carboxylic acids is 1. The van der Waals surface area contributed by atoms with Crippen molar-refractivity contribution in [2.75, 3.05) is 0 Å². The summed E-state index contributed by atoms with van der Waals surface area (Å²) in [5, 5.41) is 8.40. The fraction of sp³-hybridized carbons (Fsp3) is 0.190. The summed E-state index contributed by atoms with van der Waals surface area (Å²) in [7, 11) is 1.91. The van der Waals surface area contributed by atoms with E-state index in [0.717, 1.165) is 44.4 Å². The number of nitrogens with zero attached hydrogens (tertiary/aromatic N) is 3. The number of fused-ring (bicyclic) bond motifs is 2. The normalized spacial score (nSPS) is 15.1. The van der Waals surface area contributed by atoms with Gasteiger partial charge in [0, 0.05) is 47.7 Å². The molecule has 0 radical (unpaired) electrons. The molecule has 6 heteroatoms. The van der Waals surface area contributed by atoms with Gasteiger partial charge in [-0.15, -0.1) is 0 Å². The lowest BCUT2D eigenvalue weighted by Gasteiger charge is -2.19. The van der Waals surface area contributed by atoms with Crippen LogP contribution in [0.3, 0.4) is 0 Å². The van der Waals surface area contributed by atoms with Crippen molar-refractivity contribution in [3.8, 4) is 22.3 Å². The van der Waals surface area contributed by atoms with Crippen LogP contribution in [0.4, 0.5) is 0 Å². The number of nitrogens with one attached hydrogen (secondary N) is 2. The van der Waals surface area contributed by atoms with E-state index in [1.165, 1.54) is 0 Å². The summed E-state index contributed by atoms with van der Waals surface area (Å²) < 4.78 is 1.79. The van der Waals surface area contributed by atoms with E-state index in [1.54, 1.807) is 10.9 Å². The fourth-order valence-corrected chi connectivity index (χ4v) is 3.93. The van der Waals surface area contributed by atoms with Crippen LogP contribution in [0, 0.1) is 0 Å². The molecule has 0 saturated carbocycles. The molecule has 0 saturated heterocycles. The first-order chi connectivity index (χ1) is 12.9. The van der Waals surface area contributed by atoms with E-state index in [9.17, 15) is 4.79 Å². The van der Waals surface area contributed by atoms with Gasteiger partial charge in [-0.3, -0.25) is 9.48 Å². The van der Waals surface area contributed by atoms with Gasteiger partial charge in [0.05, 0.1) is 11.7 Å². The van der Waals surface area contributed by atoms with Gasteiger partial charge in [-0.25, -0.2) is 4.98 Å². The lowest BCUT2D eigenvalue weighted by atomic mass is 9.90. The van der Waals surface area contributed by atoms with E-state index < -0.39 is 0 Å². The molecule has 0 unspecified atom stereocenters. The van der Waals surface area contributed by atoms with Crippen molar-refractivity contribution < 1.29 is 4.79 Å². The smallest absolute Gasteiger partial charge is 0.252 e. The van der Waals surface area contributed by atoms with Crippen LogP contribution in [0.1, 0.15) is 29.8 Å². The maximum absolute atomic E-state index is 12.2. The maximum atomic E-state index is 12.2. The summed E-state index contributed by atoms with van der Waals surface area (Å²) in [6, 6.07) is 8.03. The minimum absolute atomic E-state index is 0.0156. The van der Waals surface area contributed by atoms with Crippen molar-refractivity contribution in [1.29, 1.82) is 0 Å². The van der Waals surface area contributed by atoms with E-state index in [2.05, 4.69) is 26.4 Å². The first-order valence-electron chi connectivity index (χ1n) is 8.86. The van der Waals surface area contributed by atoms with E-state index in [-0.39, 0.29) is 11.4 Å². The highest BCUT2D eigenvalue weighted by Gasteiger charge is 2.35. The molecule has 3 aromatic heterocycles. The Bertz CT molecular complexity index is 1210. The molecule has 1 aromatic carbocycles. The van der Waals surface area contributed by atoms with Crippen LogP contribution < -0.4 is 5.32 Å². The molecular weight excluding hydrogens is 338 g/mol. The number of hydrogen-bond donors (Lipinski definition) is 2. The van der Waals surface area contributed by atoms with E-state index in [4.69, 9.17) is 0 Å². The molecule has 1 amide bonds. The number of aromatic amines is 1. The average molecular weight is 357 g/mol. The molecule has 1 aliphatic rings. The molecule has 27 heavy (non-hydrogen) atoms. The van der Waals surface area contributed by atoms with E-state index in [1.807, 2.05) is 57.7 Å². The lowest BCUT2D eigenvalue weighted by molar-refractivity contribution is 0.0940. The minimum Gasteiger partial charge on any atom is -0.345 e.